The average molecular weight is 372 g/mol. The number of carboxylic acids is 1. The molecule has 25 heavy (non-hydrogen) atoms. The van der Waals surface area contributed by atoms with E-state index in [1.807, 2.05) is 32.9 Å². The van der Waals surface area contributed by atoms with E-state index in [1.165, 1.54) is 6.21 Å². The third-order valence-electron chi connectivity index (χ3n) is 4.05. The Hall–Kier alpha value is -0.204. The van der Waals surface area contributed by atoms with Gasteiger partial charge in [0, 0.05) is 6.21 Å². The van der Waals surface area contributed by atoms with Crippen molar-refractivity contribution in [3.63, 3.8) is 0 Å². The number of hydrogen-bond donors (Lipinski definition) is 1. The molecule has 1 N–H and O–H groups in total. The predicted octanol–water partition coefficient (Wildman–Crippen LogP) is 0.887. The van der Waals surface area contributed by atoms with Gasteiger partial charge in [-0.2, -0.15) is 0 Å². The molecule has 0 heterocycles. The summed E-state index contributed by atoms with van der Waals surface area (Å²) in [5, 5.41) is 22.1. The Morgan fingerprint density at radius 1 is 1.12 bits per heavy atom. The molecule has 0 bridgehead atoms. The Morgan fingerprint density at radius 3 is 2.00 bits per heavy atom. The summed E-state index contributed by atoms with van der Waals surface area (Å²) in [7, 11) is 0. The minimum Gasteiger partial charge on any atom is -0.872 e. The van der Waals surface area contributed by atoms with E-state index in [1.54, 1.807) is 13.8 Å². The molecule has 0 aliphatic rings. The number of aliphatic imine (C=N–C) groups is 1. The van der Waals surface area contributed by atoms with E-state index in [0.29, 0.717) is 5.56 Å². The van der Waals surface area contributed by atoms with Crippen LogP contribution >= 0.6 is 0 Å². The Kier molecular flexibility index (Phi) is 9.06. The van der Waals surface area contributed by atoms with E-state index in [9.17, 15) is 15.0 Å². The minimum absolute atomic E-state index is 0. The number of aliphatic carboxylic acids is 1. The SMILES string of the molecule is CC(C)[C@H](N=Cc1cc(C(C)(C)C)cc(C(C)(C)C)c1[O-])C(=O)O.[K+]. The maximum atomic E-state index is 12.8. The van der Waals surface area contributed by atoms with Gasteiger partial charge in [-0.25, -0.2) is 4.79 Å². The third-order valence-corrected chi connectivity index (χ3v) is 4.05. The molecule has 0 unspecified atom stereocenters. The van der Waals surface area contributed by atoms with Gasteiger partial charge in [0.2, 0.25) is 0 Å². The Morgan fingerprint density at radius 2 is 1.64 bits per heavy atom. The molecule has 134 valence electrons. The monoisotopic (exact) mass is 371 g/mol. The quantitative estimate of drug-likeness (QED) is 0.631. The fourth-order valence-corrected chi connectivity index (χ4v) is 2.42. The number of benzene rings is 1. The first kappa shape index (κ1) is 24.8. The predicted molar refractivity (Wildman–Crippen MR) is 97.1 cm³/mol. The summed E-state index contributed by atoms with van der Waals surface area (Å²) in [5.74, 6) is -1.19. The van der Waals surface area contributed by atoms with Crippen LogP contribution in [-0.2, 0) is 15.6 Å². The summed E-state index contributed by atoms with van der Waals surface area (Å²) < 4.78 is 0. The van der Waals surface area contributed by atoms with Crippen molar-refractivity contribution in [2.75, 3.05) is 0 Å². The number of carbonyl (C=O) groups is 1. The van der Waals surface area contributed by atoms with E-state index in [-0.39, 0.29) is 73.9 Å². The minimum atomic E-state index is -0.975. The van der Waals surface area contributed by atoms with Crippen LogP contribution in [0.3, 0.4) is 0 Å². The van der Waals surface area contributed by atoms with Gasteiger partial charge in [-0.3, -0.25) is 4.99 Å². The van der Waals surface area contributed by atoms with Gasteiger partial charge >= 0.3 is 57.4 Å². The summed E-state index contributed by atoms with van der Waals surface area (Å²) in [5.41, 5.74) is 1.84. The number of hydrogen-bond acceptors (Lipinski definition) is 3. The standard InChI is InChI=1S/C20H31NO3.K/c1-12(2)16(18(23)24)21-11-13-9-14(19(3,4)5)10-15(17(13)22)20(6,7)8;/h9-12,16,22H,1-8H3,(H,23,24);/q;+1/p-1/t16-;/m0./s1. The van der Waals surface area contributed by atoms with E-state index >= 15 is 0 Å². The molecule has 0 saturated heterocycles. The van der Waals surface area contributed by atoms with Crippen LogP contribution in [0.25, 0.3) is 0 Å². The van der Waals surface area contributed by atoms with Gasteiger partial charge in [-0.15, -0.1) is 0 Å². The van der Waals surface area contributed by atoms with Gasteiger partial charge in [-0.1, -0.05) is 73.3 Å². The van der Waals surface area contributed by atoms with Crippen LogP contribution < -0.4 is 56.5 Å². The second-order valence-electron chi connectivity index (χ2n) is 8.75. The maximum Gasteiger partial charge on any atom is 1.00 e. The molecule has 0 saturated carbocycles. The summed E-state index contributed by atoms with van der Waals surface area (Å²) in [6, 6.07) is 2.96. The number of rotatable bonds is 4. The smallest absolute Gasteiger partial charge is 0.872 e. The summed E-state index contributed by atoms with van der Waals surface area (Å²) >= 11 is 0. The van der Waals surface area contributed by atoms with Crippen molar-refractivity contribution in [3.8, 4) is 5.75 Å². The van der Waals surface area contributed by atoms with Crippen LogP contribution in [0, 0.1) is 5.92 Å². The van der Waals surface area contributed by atoms with Crippen molar-refractivity contribution < 1.29 is 66.4 Å². The van der Waals surface area contributed by atoms with Crippen LogP contribution in [-0.4, -0.2) is 23.3 Å². The molecule has 0 spiro atoms. The molecular weight excluding hydrogens is 341 g/mol. The number of carboxylic acid groups (broad SMARTS) is 1. The zero-order chi connectivity index (χ0) is 18.9. The van der Waals surface area contributed by atoms with Crippen molar-refractivity contribution in [2.45, 2.75) is 72.3 Å². The second-order valence-corrected chi connectivity index (χ2v) is 8.75. The van der Waals surface area contributed by atoms with Crippen LogP contribution in [0.15, 0.2) is 17.1 Å². The molecule has 0 aromatic heterocycles. The number of nitrogens with zero attached hydrogens (tertiary/aromatic N) is 1. The first-order valence-electron chi connectivity index (χ1n) is 8.37. The first-order valence-corrected chi connectivity index (χ1v) is 8.37. The normalized spacial score (nSPS) is 13.8. The van der Waals surface area contributed by atoms with Crippen molar-refractivity contribution in [1.82, 2.24) is 0 Å². The van der Waals surface area contributed by atoms with Crippen molar-refractivity contribution >= 4 is 12.2 Å². The molecule has 0 aliphatic heterocycles. The molecule has 0 radical (unpaired) electrons. The molecule has 0 fully saturated rings. The van der Waals surface area contributed by atoms with Gasteiger partial charge < -0.3 is 10.2 Å². The van der Waals surface area contributed by atoms with E-state index < -0.39 is 12.0 Å². The summed E-state index contributed by atoms with van der Waals surface area (Å²) in [4.78, 5) is 15.5. The Balaban J connectivity index is 0.00000576. The van der Waals surface area contributed by atoms with E-state index in [4.69, 9.17) is 0 Å². The summed E-state index contributed by atoms with van der Waals surface area (Å²) in [6.07, 6.45) is 1.44. The van der Waals surface area contributed by atoms with Crippen LogP contribution in [0.2, 0.25) is 0 Å². The summed E-state index contributed by atoms with van der Waals surface area (Å²) in [6.45, 7) is 15.9. The van der Waals surface area contributed by atoms with Gasteiger partial charge in [0.25, 0.3) is 0 Å². The Bertz CT molecular complexity index is 638. The first-order chi connectivity index (χ1) is 10.7. The molecule has 0 aliphatic carbocycles. The van der Waals surface area contributed by atoms with Crippen molar-refractivity contribution in [3.05, 3.63) is 28.8 Å². The van der Waals surface area contributed by atoms with E-state index in [2.05, 4.69) is 25.8 Å². The zero-order valence-electron chi connectivity index (χ0n) is 17.1. The fraction of sp³-hybridized carbons (Fsp3) is 0.600. The topological polar surface area (TPSA) is 72.7 Å². The average Bonchev–Trinajstić information content (AvgIpc) is 2.37. The van der Waals surface area contributed by atoms with Gasteiger partial charge in [-0.05, 0) is 33.4 Å². The van der Waals surface area contributed by atoms with Gasteiger partial charge in [0.05, 0.1) is 0 Å². The van der Waals surface area contributed by atoms with Crippen LogP contribution in [0.4, 0.5) is 0 Å². The largest absolute Gasteiger partial charge is 1.00 e. The second kappa shape index (κ2) is 9.13. The third kappa shape index (κ3) is 6.79. The zero-order valence-corrected chi connectivity index (χ0v) is 20.2. The van der Waals surface area contributed by atoms with Crippen molar-refractivity contribution in [1.29, 1.82) is 0 Å². The molecule has 0 amide bonds. The van der Waals surface area contributed by atoms with E-state index in [0.717, 1.165) is 11.1 Å². The van der Waals surface area contributed by atoms with Crippen molar-refractivity contribution in [2.24, 2.45) is 10.9 Å². The molecule has 1 rings (SSSR count). The van der Waals surface area contributed by atoms with Crippen LogP contribution in [0.5, 0.6) is 5.75 Å². The molecule has 5 heteroatoms. The molecular formula is C20H30KNO3. The Labute approximate surface area is 194 Å². The molecule has 1 aromatic rings. The van der Waals surface area contributed by atoms with Gasteiger partial charge in [0.1, 0.15) is 6.04 Å². The molecule has 1 atom stereocenters. The van der Waals surface area contributed by atoms with Gasteiger partial charge in [0.15, 0.2) is 0 Å². The molecule has 1 aromatic carbocycles. The molecule has 4 nitrogen and oxygen atoms in total. The van der Waals surface area contributed by atoms with Crippen LogP contribution in [0.1, 0.15) is 72.1 Å². The fourth-order valence-electron chi connectivity index (χ4n) is 2.42. The maximum absolute atomic E-state index is 12.8.